The van der Waals surface area contributed by atoms with Crippen LogP contribution in [-0.2, 0) is 4.79 Å². The molecule has 6 heteroatoms. The lowest BCUT2D eigenvalue weighted by Crippen LogP contribution is -2.50. The molecule has 2 N–H and O–H groups in total. The first-order valence-corrected chi connectivity index (χ1v) is 12.1. The molecule has 3 fully saturated rings. The van der Waals surface area contributed by atoms with Gasteiger partial charge in [-0.05, 0) is 57.5 Å². The molecule has 3 aliphatic rings. The van der Waals surface area contributed by atoms with Crippen molar-refractivity contribution in [2.24, 2.45) is 16.8 Å². The Morgan fingerprint density at radius 2 is 1.76 bits per heavy atom. The van der Waals surface area contributed by atoms with Crippen LogP contribution in [0.2, 0.25) is 0 Å². The molecule has 0 radical (unpaired) electrons. The van der Waals surface area contributed by atoms with Gasteiger partial charge in [0.1, 0.15) is 0 Å². The zero-order chi connectivity index (χ0) is 20.6. The lowest BCUT2D eigenvalue weighted by molar-refractivity contribution is -0.135. The van der Waals surface area contributed by atoms with Crippen LogP contribution in [-0.4, -0.2) is 73.5 Å². The lowest BCUT2D eigenvalue weighted by Gasteiger charge is -2.30. The molecule has 1 aliphatic carbocycles. The van der Waals surface area contributed by atoms with Crippen molar-refractivity contribution in [1.29, 1.82) is 0 Å². The number of carbonyl (C=O) groups is 1. The van der Waals surface area contributed by atoms with Gasteiger partial charge in [0, 0.05) is 44.7 Å². The van der Waals surface area contributed by atoms with Gasteiger partial charge in [0.05, 0.1) is 0 Å². The summed E-state index contributed by atoms with van der Waals surface area (Å²) in [5.41, 5.74) is 0. The molecule has 0 aromatic carbocycles. The number of carbonyl (C=O) groups excluding carboxylic acids is 1. The summed E-state index contributed by atoms with van der Waals surface area (Å²) >= 11 is 0. The first kappa shape index (κ1) is 22.4. The predicted molar refractivity (Wildman–Crippen MR) is 120 cm³/mol. The first-order chi connectivity index (χ1) is 14.1. The third-order valence-electron chi connectivity index (χ3n) is 6.92. The fourth-order valence-electron chi connectivity index (χ4n) is 5.30. The molecule has 1 amide bonds. The third kappa shape index (κ3) is 6.59. The summed E-state index contributed by atoms with van der Waals surface area (Å²) in [5, 5.41) is 7.16. The van der Waals surface area contributed by atoms with Crippen LogP contribution >= 0.6 is 0 Å². The highest BCUT2D eigenvalue weighted by Gasteiger charge is 2.32. The summed E-state index contributed by atoms with van der Waals surface area (Å²) in [7, 11) is 1.85. The largest absolute Gasteiger partial charge is 0.355 e. The number of hydrogen-bond donors (Lipinski definition) is 2. The Morgan fingerprint density at radius 3 is 2.41 bits per heavy atom. The van der Waals surface area contributed by atoms with Crippen LogP contribution in [0.15, 0.2) is 4.99 Å². The van der Waals surface area contributed by atoms with E-state index in [0.29, 0.717) is 23.9 Å². The predicted octanol–water partition coefficient (Wildman–Crippen LogP) is 2.84. The minimum atomic E-state index is 0.275. The summed E-state index contributed by atoms with van der Waals surface area (Å²) in [5.74, 6) is 2.25. The van der Waals surface area contributed by atoms with E-state index >= 15 is 0 Å². The number of guanidine groups is 1. The van der Waals surface area contributed by atoms with Gasteiger partial charge in [0.15, 0.2) is 5.96 Å². The van der Waals surface area contributed by atoms with E-state index in [0.717, 1.165) is 44.9 Å². The number of likely N-dealkylation sites (tertiary alicyclic amines) is 2. The quantitative estimate of drug-likeness (QED) is 0.505. The Morgan fingerprint density at radius 1 is 1.03 bits per heavy atom. The summed E-state index contributed by atoms with van der Waals surface area (Å²) in [6.45, 7) is 9.72. The SMILES string of the molecule is CN=C(NCC(CC(C)C)N1CCCC1)NC1CCN(C(=O)C2CCCCC2)C1. The minimum Gasteiger partial charge on any atom is -0.355 e. The maximum atomic E-state index is 12.8. The molecular weight excluding hydrogens is 362 g/mol. The molecule has 166 valence electrons. The number of nitrogens with zero attached hydrogens (tertiary/aromatic N) is 3. The fraction of sp³-hybridized carbons (Fsp3) is 0.913. The van der Waals surface area contributed by atoms with Gasteiger partial charge in [0.2, 0.25) is 5.91 Å². The zero-order valence-electron chi connectivity index (χ0n) is 19.0. The van der Waals surface area contributed by atoms with E-state index in [4.69, 9.17) is 0 Å². The average Bonchev–Trinajstić information content (AvgIpc) is 3.42. The van der Waals surface area contributed by atoms with Gasteiger partial charge in [0.25, 0.3) is 0 Å². The fourth-order valence-corrected chi connectivity index (χ4v) is 5.30. The van der Waals surface area contributed by atoms with E-state index < -0.39 is 0 Å². The Hall–Kier alpha value is -1.30. The molecule has 2 unspecified atom stereocenters. The van der Waals surface area contributed by atoms with Crippen molar-refractivity contribution in [3.63, 3.8) is 0 Å². The Kier molecular flexibility index (Phi) is 8.64. The van der Waals surface area contributed by atoms with Crippen molar-refractivity contribution in [3.05, 3.63) is 0 Å². The average molecular weight is 406 g/mol. The van der Waals surface area contributed by atoms with Crippen molar-refractivity contribution < 1.29 is 4.79 Å². The maximum absolute atomic E-state index is 12.8. The van der Waals surface area contributed by atoms with E-state index in [2.05, 4.69) is 39.3 Å². The molecule has 3 rings (SSSR count). The molecule has 1 saturated carbocycles. The summed E-state index contributed by atoms with van der Waals surface area (Å²) in [6, 6.07) is 0.882. The van der Waals surface area contributed by atoms with Crippen LogP contribution in [0.5, 0.6) is 0 Å². The van der Waals surface area contributed by atoms with Crippen LogP contribution < -0.4 is 10.6 Å². The zero-order valence-corrected chi connectivity index (χ0v) is 19.0. The molecule has 2 aliphatic heterocycles. The van der Waals surface area contributed by atoms with Gasteiger partial charge in [-0.1, -0.05) is 33.1 Å². The lowest BCUT2D eigenvalue weighted by atomic mass is 9.88. The van der Waals surface area contributed by atoms with Gasteiger partial charge in [-0.2, -0.15) is 0 Å². The standard InChI is InChI=1S/C23H43N5O/c1-18(2)15-21(27-12-7-8-13-27)16-25-23(24-3)26-20-11-14-28(17-20)22(29)19-9-5-4-6-10-19/h18-21H,4-17H2,1-3H3,(H2,24,25,26). The van der Waals surface area contributed by atoms with E-state index in [1.807, 2.05) is 7.05 Å². The molecule has 0 aromatic rings. The van der Waals surface area contributed by atoms with Gasteiger partial charge >= 0.3 is 0 Å². The Balaban J connectivity index is 1.45. The van der Waals surface area contributed by atoms with E-state index in [9.17, 15) is 4.79 Å². The molecule has 29 heavy (non-hydrogen) atoms. The van der Waals surface area contributed by atoms with Crippen molar-refractivity contribution >= 4 is 11.9 Å². The van der Waals surface area contributed by atoms with E-state index in [-0.39, 0.29) is 5.92 Å². The van der Waals surface area contributed by atoms with Crippen LogP contribution in [0.1, 0.15) is 71.6 Å². The van der Waals surface area contributed by atoms with Crippen molar-refractivity contribution in [2.45, 2.75) is 83.7 Å². The van der Waals surface area contributed by atoms with Gasteiger partial charge in [-0.15, -0.1) is 0 Å². The van der Waals surface area contributed by atoms with Crippen LogP contribution in [0.3, 0.4) is 0 Å². The Bertz CT molecular complexity index is 537. The normalized spacial score (nSPS) is 25.6. The molecule has 2 heterocycles. The van der Waals surface area contributed by atoms with Gasteiger partial charge in [-0.25, -0.2) is 0 Å². The molecule has 0 spiro atoms. The second kappa shape index (κ2) is 11.2. The van der Waals surface area contributed by atoms with E-state index in [1.165, 1.54) is 51.6 Å². The maximum Gasteiger partial charge on any atom is 0.225 e. The number of hydrogen-bond acceptors (Lipinski definition) is 3. The van der Waals surface area contributed by atoms with E-state index in [1.54, 1.807) is 0 Å². The molecular formula is C23H43N5O. The Labute approximate surface area is 177 Å². The molecule has 0 bridgehead atoms. The second-order valence-corrected chi connectivity index (χ2v) is 9.73. The molecule has 2 saturated heterocycles. The highest BCUT2D eigenvalue weighted by Crippen LogP contribution is 2.26. The summed E-state index contributed by atoms with van der Waals surface area (Å²) in [6.07, 6.45) is 10.8. The van der Waals surface area contributed by atoms with Crippen molar-refractivity contribution in [1.82, 2.24) is 20.4 Å². The molecule has 2 atom stereocenters. The van der Waals surface area contributed by atoms with Crippen molar-refractivity contribution in [3.8, 4) is 0 Å². The number of aliphatic imine (C=N–C) groups is 1. The number of nitrogens with one attached hydrogen (secondary N) is 2. The number of amides is 1. The van der Waals surface area contributed by atoms with Crippen molar-refractivity contribution in [2.75, 3.05) is 39.8 Å². The molecule has 0 aromatic heterocycles. The first-order valence-electron chi connectivity index (χ1n) is 12.1. The minimum absolute atomic E-state index is 0.275. The third-order valence-corrected chi connectivity index (χ3v) is 6.92. The van der Waals surface area contributed by atoms with Crippen LogP contribution in [0.4, 0.5) is 0 Å². The highest BCUT2D eigenvalue weighted by atomic mass is 16.2. The highest BCUT2D eigenvalue weighted by molar-refractivity contribution is 5.81. The van der Waals surface area contributed by atoms with Crippen LogP contribution in [0.25, 0.3) is 0 Å². The smallest absolute Gasteiger partial charge is 0.225 e. The second-order valence-electron chi connectivity index (χ2n) is 9.73. The molecule has 6 nitrogen and oxygen atoms in total. The van der Waals surface area contributed by atoms with Crippen LogP contribution in [0, 0.1) is 11.8 Å². The monoisotopic (exact) mass is 405 g/mol. The topological polar surface area (TPSA) is 60.0 Å². The summed E-state index contributed by atoms with van der Waals surface area (Å²) in [4.78, 5) is 22.0. The van der Waals surface area contributed by atoms with Gasteiger partial charge < -0.3 is 15.5 Å². The number of rotatable bonds is 7. The van der Waals surface area contributed by atoms with Gasteiger partial charge in [-0.3, -0.25) is 14.7 Å². The summed E-state index contributed by atoms with van der Waals surface area (Å²) < 4.78 is 0.